The number of aromatic nitrogens is 1. The Hall–Kier alpha value is -2.60. The van der Waals surface area contributed by atoms with Gasteiger partial charge in [0.05, 0.1) is 17.0 Å². The molecular formula is C19H17FN2O2S. The maximum Gasteiger partial charge on any atom is 0.252 e. The van der Waals surface area contributed by atoms with Gasteiger partial charge in [0.2, 0.25) is 0 Å². The van der Waals surface area contributed by atoms with Gasteiger partial charge in [-0.3, -0.25) is 4.79 Å². The third kappa shape index (κ3) is 4.70. The summed E-state index contributed by atoms with van der Waals surface area (Å²) in [6, 6.07) is 15.4. The van der Waals surface area contributed by atoms with Crippen LogP contribution in [0.25, 0.3) is 0 Å². The van der Waals surface area contributed by atoms with E-state index in [1.807, 2.05) is 31.2 Å². The number of amides is 1. The number of aryl methyl sites for hydroxylation is 1. The second kappa shape index (κ2) is 7.98. The molecule has 0 atom stereocenters. The number of nitrogens with zero attached hydrogens (tertiary/aromatic N) is 1. The van der Waals surface area contributed by atoms with Crippen molar-refractivity contribution in [1.29, 1.82) is 0 Å². The van der Waals surface area contributed by atoms with E-state index in [0.29, 0.717) is 17.9 Å². The molecule has 0 fully saturated rings. The third-order valence-electron chi connectivity index (χ3n) is 3.54. The fourth-order valence-corrected chi connectivity index (χ4v) is 3.22. The fourth-order valence-electron chi connectivity index (χ4n) is 2.29. The summed E-state index contributed by atoms with van der Waals surface area (Å²) < 4.78 is 18.1. The van der Waals surface area contributed by atoms with Crippen LogP contribution in [0.3, 0.4) is 0 Å². The van der Waals surface area contributed by atoms with E-state index in [2.05, 4.69) is 10.5 Å². The van der Waals surface area contributed by atoms with Gasteiger partial charge in [-0.05, 0) is 36.8 Å². The lowest BCUT2D eigenvalue weighted by Crippen LogP contribution is -2.23. The Bertz CT molecular complexity index is 862. The molecule has 0 saturated carbocycles. The molecule has 6 heteroatoms. The van der Waals surface area contributed by atoms with Gasteiger partial charge in [-0.1, -0.05) is 29.4 Å². The number of hydrogen-bond acceptors (Lipinski definition) is 4. The molecule has 0 saturated heterocycles. The minimum Gasteiger partial charge on any atom is -0.360 e. The zero-order valence-corrected chi connectivity index (χ0v) is 14.5. The van der Waals surface area contributed by atoms with Gasteiger partial charge in [-0.2, -0.15) is 0 Å². The molecule has 1 aromatic heterocycles. The van der Waals surface area contributed by atoms with E-state index in [-0.39, 0.29) is 11.7 Å². The first kappa shape index (κ1) is 17.2. The van der Waals surface area contributed by atoms with Gasteiger partial charge in [0.25, 0.3) is 5.91 Å². The van der Waals surface area contributed by atoms with E-state index in [0.717, 1.165) is 21.9 Å². The Morgan fingerprint density at radius 3 is 2.68 bits per heavy atom. The quantitative estimate of drug-likeness (QED) is 0.668. The van der Waals surface area contributed by atoms with Crippen molar-refractivity contribution in [3.05, 3.63) is 83.0 Å². The monoisotopic (exact) mass is 356 g/mol. The molecule has 0 aliphatic rings. The van der Waals surface area contributed by atoms with Crippen LogP contribution < -0.4 is 5.32 Å². The van der Waals surface area contributed by atoms with Crippen molar-refractivity contribution in [2.24, 2.45) is 0 Å². The average molecular weight is 356 g/mol. The van der Waals surface area contributed by atoms with Gasteiger partial charge >= 0.3 is 0 Å². The molecule has 128 valence electrons. The van der Waals surface area contributed by atoms with E-state index in [1.54, 1.807) is 18.2 Å². The molecule has 0 unspecified atom stereocenters. The number of carbonyl (C=O) groups is 1. The topological polar surface area (TPSA) is 55.1 Å². The van der Waals surface area contributed by atoms with E-state index in [4.69, 9.17) is 4.52 Å². The van der Waals surface area contributed by atoms with Crippen LogP contribution in [0.4, 0.5) is 4.39 Å². The molecule has 0 spiro atoms. The van der Waals surface area contributed by atoms with Crippen molar-refractivity contribution in [2.45, 2.75) is 24.1 Å². The number of nitrogens with one attached hydrogen (secondary N) is 1. The second-order valence-electron chi connectivity index (χ2n) is 5.53. The largest absolute Gasteiger partial charge is 0.360 e. The standard InChI is InChI=1S/C19H17FN2O2S/c1-13-10-16(24-22-13)12-25-18-5-3-2-4-17(18)19(23)21-11-14-6-8-15(20)9-7-14/h2-10H,11-12H2,1H3,(H,21,23). The molecule has 25 heavy (non-hydrogen) atoms. The average Bonchev–Trinajstić information content (AvgIpc) is 3.05. The van der Waals surface area contributed by atoms with E-state index in [9.17, 15) is 9.18 Å². The van der Waals surface area contributed by atoms with Crippen molar-refractivity contribution in [2.75, 3.05) is 0 Å². The molecule has 1 heterocycles. The van der Waals surface area contributed by atoms with Crippen LogP contribution in [0.1, 0.15) is 27.4 Å². The van der Waals surface area contributed by atoms with Crippen LogP contribution in [-0.2, 0) is 12.3 Å². The number of hydrogen-bond donors (Lipinski definition) is 1. The summed E-state index contributed by atoms with van der Waals surface area (Å²) in [7, 11) is 0. The summed E-state index contributed by atoms with van der Waals surface area (Å²) in [5, 5.41) is 6.73. The minimum absolute atomic E-state index is 0.166. The Kier molecular flexibility index (Phi) is 5.50. The Balaban J connectivity index is 1.64. The molecule has 3 rings (SSSR count). The second-order valence-corrected chi connectivity index (χ2v) is 6.55. The summed E-state index contributed by atoms with van der Waals surface area (Å²) in [5.41, 5.74) is 2.28. The van der Waals surface area contributed by atoms with Crippen LogP contribution >= 0.6 is 11.8 Å². The zero-order valence-electron chi connectivity index (χ0n) is 13.7. The Labute approximate surface area is 149 Å². The molecule has 2 aromatic carbocycles. The number of benzene rings is 2. The maximum absolute atomic E-state index is 12.9. The van der Waals surface area contributed by atoms with E-state index >= 15 is 0 Å². The highest BCUT2D eigenvalue weighted by atomic mass is 32.2. The fraction of sp³-hybridized carbons (Fsp3) is 0.158. The van der Waals surface area contributed by atoms with Gasteiger partial charge in [-0.25, -0.2) is 4.39 Å². The van der Waals surface area contributed by atoms with Crippen molar-refractivity contribution < 1.29 is 13.7 Å². The normalized spacial score (nSPS) is 10.6. The summed E-state index contributed by atoms with van der Waals surface area (Å²) >= 11 is 1.52. The van der Waals surface area contributed by atoms with Crippen molar-refractivity contribution >= 4 is 17.7 Å². The summed E-state index contributed by atoms with van der Waals surface area (Å²) in [6.07, 6.45) is 0. The molecule has 0 radical (unpaired) electrons. The lowest BCUT2D eigenvalue weighted by Gasteiger charge is -2.09. The summed E-state index contributed by atoms with van der Waals surface area (Å²) in [6.45, 7) is 2.22. The number of thioether (sulfide) groups is 1. The van der Waals surface area contributed by atoms with E-state index in [1.165, 1.54) is 23.9 Å². The lowest BCUT2D eigenvalue weighted by atomic mass is 10.2. The predicted molar refractivity (Wildman–Crippen MR) is 94.8 cm³/mol. The van der Waals surface area contributed by atoms with Crippen molar-refractivity contribution in [3.63, 3.8) is 0 Å². The SMILES string of the molecule is Cc1cc(CSc2ccccc2C(=O)NCc2ccc(F)cc2)on1. The Morgan fingerprint density at radius 2 is 1.96 bits per heavy atom. The van der Waals surface area contributed by atoms with Crippen LogP contribution in [0.2, 0.25) is 0 Å². The van der Waals surface area contributed by atoms with Crippen LogP contribution in [0, 0.1) is 12.7 Å². The molecule has 1 amide bonds. The molecule has 0 aliphatic heterocycles. The predicted octanol–water partition coefficient (Wildman–Crippen LogP) is 4.34. The van der Waals surface area contributed by atoms with Gasteiger partial charge < -0.3 is 9.84 Å². The molecule has 0 aliphatic carbocycles. The number of rotatable bonds is 6. The van der Waals surface area contributed by atoms with Gasteiger partial charge in [-0.15, -0.1) is 11.8 Å². The molecule has 1 N–H and O–H groups in total. The third-order valence-corrected chi connectivity index (χ3v) is 4.64. The van der Waals surface area contributed by atoms with Crippen LogP contribution in [0.15, 0.2) is 64.0 Å². The number of halogens is 1. The Morgan fingerprint density at radius 1 is 1.20 bits per heavy atom. The van der Waals surface area contributed by atoms with Crippen molar-refractivity contribution in [3.8, 4) is 0 Å². The molecular weight excluding hydrogens is 339 g/mol. The van der Waals surface area contributed by atoms with Gasteiger partial charge in [0.1, 0.15) is 11.6 Å². The number of carbonyl (C=O) groups excluding carboxylic acids is 1. The minimum atomic E-state index is -0.292. The lowest BCUT2D eigenvalue weighted by molar-refractivity contribution is 0.0948. The highest BCUT2D eigenvalue weighted by Gasteiger charge is 2.12. The van der Waals surface area contributed by atoms with Crippen LogP contribution in [-0.4, -0.2) is 11.1 Å². The molecule has 3 aromatic rings. The highest BCUT2D eigenvalue weighted by molar-refractivity contribution is 7.98. The first-order chi connectivity index (χ1) is 12.1. The van der Waals surface area contributed by atoms with Crippen LogP contribution in [0.5, 0.6) is 0 Å². The molecule has 4 nitrogen and oxygen atoms in total. The highest BCUT2D eigenvalue weighted by Crippen LogP contribution is 2.26. The summed E-state index contributed by atoms with van der Waals surface area (Å²) in [5.74, 6) is 0.910. The zero-order chi connectivity index (χ0) is 17.6. The maximum atomic E-state index is 12.9. The van der Waals surface area contributed by atoms with Gasteiger partial charge in [0, 0.05) is 17.5 Å². The van der Waals surface area contributed by atoms with E-state index < -0.39 is 0 Å². The first-order valence-electron chi connectivity index (χ1n) is 7.78. The molecule has 0 bridgehead atoms. The van der Waals surface area contributed by atoms with Gasteiger partial charge in [0.15, 0.2) is 0 Å². The smallest absolute Gasteiger partial charge is 0.252 e. The first-order valence-corrected chi connectivity index (χ1v) is 8.77. The summed E-state index contributed by atoms with van der Waals surface area (Å²) in [4.78, 5) is 13.4. The van der Waals surface area contributed by atoms with Crippen molar-refractivity contribution in [1.82, 2.24) is 10.5 Å².